The van der Waals surface area contributed by atoms with Crippen molar-refractivity contribution in [2.24, 2.45) is 0 Å². The van der Waals surface area contributed by atoms with Crippen molar-refractivity contribution in [2.75, 3.05) is 11.1 Å². The van der Waals surface area contributed by atoms with Crippen LogP contribution in [0.5, 0.6) is 0 Å². The van der Waals surface area contributed by atoms with Gasteiger partial charge in [0.2, 0.25) is 0 Å². The highest BCUT2D eigenvalue weighted by Crippen LogP contribution is 2.31. The lowest BCUT2D eigenvalue weighted by atomic mass is 10.1. The van der Waals surface area contributed by atoms with E-state index in [0.29, 0.717) is 15.8 Å². The second-order valence-electron chi connectivity index (χ2n) is 3.94. The summed E-state index contributed by atoms with van der Waals surface area (Å²) in [6, 6.07) is 6.74. The van der Waals surface area contributed by atoms with E-state index in [1.807, 2.05) is 6.92 Å². The van der Waals surface area contributed by atoms with Gasteiger partial charge in [-0.2, -0.15) is 0 Å². The zero-order chi connectivity index (χ0) is 13.3. The second-order valence-corrected chi connectivity index (χ2v) is 4.79. The third-order valence-electron chi connectivity index (χ3n) is 2.55. The summed E-state index contributed by atoms with van der Waals surface area (Å²) >= 11 is 3.32. The average Bonchev–Trinajstić information content (AvgIpc) is 2.30. The molecule has 0 fully saturated rings. The van der Waals surface area contributed by atoms with E-state index in [-0.39, 0.29) is 5.69 Å². The van der Waals surface area contributed by atoms with Gasteiger partial charge in [-0.15, -0.1) is 0 Å². The van der Waals surface area contributed by atoms with Crippen LogP contribution in [-0.4, -0.2) is 0 Å². The maximum atomic E-state index is 13.5. The summed E-state index contributed by atoms with van der Waals surface area (Å²) in [4.78, 5) is 0. The van der Waals surface area contributed by atoms with Gasteiger partial charge in [0.15, 0.2) is 0 Å². The Kier molecular flexibility index (Phi) is 3.52. The van der Waals surface area contributed by atoms with Crippen LogP contribution in [0.1, 0.15) is 5.56 Å². The van der Waals surface area contributed by atoms with Crippen LogP contribution in [0, 0.1) is 18.6 Å². The molecular formula is C13H11BrF2N2. The molecule has 18 heavy (non-hydrogen) atoms. The minimum absolute atomic E-state index is 0.0832. The largest absolute Gasteiger partial charge is 0.398 e. The van der Waals surface area contributed by atoms with Crippen molar-refractivity contribution in [3.63, 3.8) is 0 Å². The molecule has 2 aromatic rings. The van der Waals surface area contributed by atoms with Crippen LogP contribution in [0.15, 0.2) is 34.8 Å². The van der Waals surface area contributed by atoms with E-state index in [9.17, 15) is 8.78 Å². The second kappa shape index (κ2) is 4.94. The number of nitrogens with two attached hydrogens (primary N) is 1. The van der Waals surface area contributed by atoms with Gasteiger partial charge < -0.3 is 11.1 Å². The van der Waals surface area contributed by atoms with E-state index in [1.165, 1.54) is 0 Å². The molecule has 0 saturated heterocycles. The fourth-order valence-corrected chi connectivity index (χ4v) is 1.99. The van der Waals surface area contributed by atoms with Gasteiger partial charge in [-0.25, -0.2) is 8.78 Å². The molecular weight excluding hydrogens is 302 g/mol. The van der Waals surface area contributed by atoms with Crippen LogP contribution in [0.25, 0.3) is 0 Å². The standard InChI is InChI=1S/C13H11BrF2N2/c1-7-4-12(9(14)6-11(7)17)18-13-5-8(15)2-3-10(13)16/h2-6,18H,17H2,1H3. The molecule has 0 heterocycles. The monoisotopic (exact) mass is 312 g/mol. The molecule has 0 aromatic heterocycles. The van der Waals surface area contributed by atoms with Crippen molar-refractivity contribution in [3.05, 3.63) is 52.0 Å². The molecule has 2 rings (SSSR count). The highest BCUT2D eigenvalue weighted by molar-refractivity contribution is 9.10. The van der Waals surface area contributed by atoms with Crippen molar-refractivity contribution in [1.82, 2.24) is 0 Å². The molecule has 0 atom stereocenters. The minimum atomic E-state index is -0.516. The Labute approximate surface area is 112 Å². The van der Waals surface area contributed by atoms with E-state index in [0.717, 1.165) is 23.8 Å². The van der Waals surface area contributed by atoms with E-state index in [2.05, 4.69) is 21.2 Å². The lowest BCUT2D eigenvalue weighted by Crippen LogP contribution is -1.98. The smallest absolute Gasteiger partial charge is 0.146 e. The van der Waals surface area contributed by atoms with Crippen molar-refractivity contribution in [3.8, 4) is 0 Å². The molecule has 0 aliphatic carbocycles. The quantitative estimate of drug-likeness (QED) is 0.808. The summed E-state index contributed by atoms with van der Waals surface area (Å²) in [5.74, 6) is -1.01. The Bertz CT molecular complexity index is 600. The first kappa shape index (κ1) is 12.8. The van der Waals surface area contributed by atoms with E-state index in [4.69, 9.17) is 5.73 Å². The maximum Gasteiger partial charge on any atom is 0.146 e. The van der Waals surface area contributed by atoms with Crippen LogP contribution in [0.3, 0.4) is 0 Å². The van der Waals surface area contributed by atoms with Crippen LogP contribution in [0.2, 0.25) is 0 Å². The Morgan fingerprint density at radius 1 is 1.11 bits per heavy atom. The number of benzene rings is 2. The molecule has 0 aliphatic rings. The van der Waals surface area contributed by atoms with Gasteiger partial charge in [0.05, 0.1) is 11.4 Å². The number of hydrogen-bond acceptors (Lipinski definition) is 2. The third-order valence-corrected chi connectivity index (χ3v) is 3.21. The van der Waals surface area contributed by atoms with Gasteiger partial charge in [0.25, 0.3) is 0 Å². The van der Waals surface area contributed by atoms with E-state index < -0.39 is 11.6 Å². The average molecular weight is 313 g/mol. The highest BCUT2D eigenvalue weighted by atomic mass is 79.9. The summed E-state index contributed by atoms with van der Waals surface area (Å²) in [5, 5.41) is 2.83. The van der Waals surface area contributed by atoms with E-state index >= 15 is 0 Å². The topological polar surface area (TPSA) is 38.0 Å². The molecule has 0 saturated carbocycles. The van der Waals surface area contributed by atoms with Crippen LogP contribution in [-0.2, 0) is 0 Å². The summed E-state index contributed by atoms with van der Waals surface area (Å²) in [5.41, 5.74) is 7.95. The Morgan fingerprint density at radius 3 is 2.56 bits per heavy atom. The molecule has 94 valence electrons. The number of halogens is 3. The van der Waals surface area contributed by atoms with Gasteiger partial charge >= 0.3 is 0 Å². The number of anilines is 3. The maximum absolute atomic E-state index is 13.5. The van der Waals surface area contributed by atoms with Gasteiger partial charge in [0.1, 0.15) is 11.6 Å². The first-order valence-corrected chi connectivity index (χ1v) is 6.04. The molecule has 0 amide bonds. The molecule has 0 spiro atoms. The number of nitrogens with one attached hydrogen (secondary N) is 1. The molecule has 2 aromatic carbocycles. The minimum Gasteiger partial charge on any atom is -0.398 e. The van der Waals surface area contributed by atoms with Crippen molar-refractivity contribution < 1.29 is 8.78 Å². The molecule has 0 bridgehead atoms. The van der Waals surface area contributed by atoms with E-state index in [1.54, 1.807) is 12.1 Å². The normalized spacial score (nSPS) is 10.4. The summed E-state index contributed by atoms with van der Waals surface area (Å²) < 4.78 is 27.2. The zero-order valence-electron chi connectivity index (χ0n) is 9.60. The summed E-state index contributed by atoms with van der Waals surface area (Å²) in [6.07, 6.45) is 0. The molecule has 2 nitrogen and oxygen atoms in total. The van der Waals surface area contributed by atoms with Crippen LogP contribution in [0.4, 0.5) is 25.8 Å². The first-order valence-electron chi connectivity index (χ1n) is 5.25. The SMILES string of the molecule is Cc1cc(Nc2cc(F)ccc2F)c(Br)cc1N. The summed E-state index contributed by atoms with van der Waals surface area (Å²) in [6.45, 7) is 1.84. The Morgan fingerprint density at radius 2 is 1.83 bits per heavy atom. The first-order chi connectivity index (χ1) is 8.47. The third kappa shape index (κ3) is 2.61. The highest BCUT2D eigenvalue weighted by Gasteiger charge is 2.08. The van der Waals surface area contributed by atoms with Crippen molar-refractivity contribution in [2.45, 2.75) is 6.92 Å². The molecule has 0 unspecified atom stereocenters. The van der Waals surface area contributed by atoms with Crippen molar-refractivity contribution in [1.29, 1.82) is 0 Å². The predicted molar refractivity (Wildman–Crippen MR) is 72.9 cm³/mol. The number of nitrogen functional groups attached to an aromatic ring is 1. The van der Waals surface area contributed by atoms with Gasteiger partial charge in [-0.1, -0.05) is 0 Å². The van der Waals surface area contributed by atoms with Crippen LogP contribution >= 0.6 is 15.9 Å². The molecule has 3 N–H and O–H groups in total. The summed E-state index contributed by atoms with van der Waals surface area (Å²) in [7, 11) is 0. The molecule has 0 radical (unpaired) electrons. The molecule has 5 heteroatoms. The Balaban J connectivity index is 2.40. The lowest BCUT2D eigenvalue weighted by molar-refractivity contribution is 0.603. The number of hydrogen-bond donors (Lipinski definition) is 2. The predicted octanol–water partition coefficient (Wildman–Crippen LogP) is 4.36. The Hall–Kier alpha value is -1.62. The lowest BCUT2D eigenvalue weighted by Gasteiger charge is -2.12. The fraction of sp³-hybridized carbons (Fsp3) is 0.0769. The van der Waals surface area contributed by atoms with Gasteiger partial charge in [-0.05, 0) is 52.7 Å². The number of aryl methyl sites for hydroxylation is 1. The zero-order valence-corrected chi connectivity index (χ0v) is 11.2. The van der Waals surface area contributed by atoms with Crippen molar-refractivity contribution >= 4 is 33.0 Å². The number of rotatable bonds is 2. The van der Waals surface area contributed by atoms with Gasteiger partial charge in [-0.3, -0.25) is 0 Å². The van der Waals surface area contributed by atoms with Gasteiger partial charge in [0, 0.05) is 16.2 Å². The fourth-order valence-electron chi connectivity index (χ4n) is 1.53. The van der Waals surface area contributed by atoms with Crippen LogP contribution < -0.4 is 11.1 Å². The molecule has 0 aliphatic heterocycles.